The molecule has 2 rings (SSSR count). The van der Waals surface area contributed by atoms with Crippen LogP contribution in [-0.4, -0.2) is 24.8 Å². The maximum atomic E-state index is 13.3. The van der Waals surface area contributed by atoms with Gasteiger partial charge in [-0.15, -0.1) is 0 Å². The Labute approximate surface area is 128 Å². The minimum Gasteiger partial charge on any atom is -0.371 e. The Morgan fingerprint density at radius 1 is 0.864 bits per heavy atom. The summed E-state index contributed by atoms with van der Waals surface area (Å²) in [6.45, 7) is 2.21. The molecule has 1 aliphatic heterocycles. The van der Waals surface area contributed by atoms with E-state index in [1.807, 2.05) is 0 Å². The van der Waals surface area contributed by atoms with Gasteiger partial charge in [-0.2, -0.15) is 22.0 Å². The van der Waals surface area contributed by atoms with Crippen molar-refractivity contribution in [2.75, 3.05) is 6.61 Å². The second-order valence-corrected chi connectivity index (χ2v) is 6.85. The zero-order chi connectivity index (χ0) is 16.4. The molecular formula is C16H25F5O. The third kappa shape index (κ3) is 3.92. The molecule has 1 nitrogen and oxygen atoms in total. The maximum absolute atomic E-state index is 13.3. The molecule has 1 saturated carbocycles. The van der Waals surface area contributed by atoms with Gasteiger partial charge >= 0.3 is 12.1 Å². The van der Waals surface area contributed by atoms with Crippen LogP contribution in [0.15, 0.2) is 0 Å². The zero-order valence-electron chi connectivity index (χ0n) is 13.0. The number of ether oxygens (including phenoxy) is 1. The number of alkyl halides is 5. The van der Waals surface area contributed by atoms with E-state index in [4.69, 9.17) is 4.74 Å². The average molecular weight is 328 g/mol. The second kappa shape index (κ2) is 7.02. The molecule has 0 N–H and O–H groups in total. The predicted molar refractivity (Wildman–Crippen MR) is 73.8 cm³/mol. The molecule has 0 unspecified atom stereocenters. The molecule has 0 aromatic heterocycles. The van der Waals surface area contributed by atoms with Gasteiger partial charge in [0.15, 0.2) is 0 Å². The highest BCUT2D eigenvalue weighted by Crippen LogP contribution is 2.45. The molecule has 0 radical (unpaired) electrons. The molecule has 1 saturated heterocycles. The van der Waals surface area contributed by atoms with Crippen LogP contribution in [0, 0.1) is 17.8 Å². The lowest BCUT2D eigenvalue weighted by Gasteiger charge is -2.39. The second-order valence-electron chi connectivity index (χ2n) is 6.85. The molecule has 0 aromatic carbocycles. The monoisotopic (exact) mass is 328 g/mol. The first-order valence-corrected chi connectivity index (χ1v) is 8.31. The summed E-state index contributed by atoms with van der Waals surface area (Å²) in [5.41, 5.74) is 0. The largest absolute Gasteiger partial charge is 0.456 e. The van der Waals surface area contributed by atoms with Crippen molar-refractivity contribution in [2.45, 2.75) is 76.5 Å². The van der Waals surface area contributed by atoms with Gasteiger partial charge in [-0.3, -0.25) is 0 Å². The van der Waals surface area contributed by atoms with Gasteiger partial charge in [-0.05, 0) is 43.4 Å². The molecule has 1 heterocycles. The Morgan fingerprint density at radius 3 is 1.91 bits per heavy atom. The number of hydrogen-bond donors (Lipinski definition) is 0. The minimum atomic E-state index is -5.53. The molecule has 6 heteroatoms. The highest BCUT2D eigenvalue weighted by molar-refractivity contribution is 4.90. The Morgan fingerprint density at radius 2 is 1.45 bits per heavy atom. The summed E-state index contributed by atoms with van der Waals surface area (Å²) in [7, 11) is 0. The summed E-state index contributed by atoms with van der Waals surface area (Å²) in [5, 5.41) is 0. The topological polar surface area (TPSA) is 9.23 Å². The lowest BCUT2D eigenvalue weighted by Crippen LogP contribution is -2.51. The standard InChI is InChI=1S/C16H25F5O/c1-2-3-11-4-6-12(7-5-11)13-8-9-14(22-10-13)15(17,18)16(19,20)21/h11-14H,2-10H2,1H3/t11?,12?,13-,14+/m0/s1. The SMILES string of the molecule is CCCC1CCC([C@H]2CC[C@H](C(F)(F)C(F)(F)F)OC2)CC1. The summed E-state index contributed by atoms with van der Waals surface area (Å²) < 4.78 is 68.5. The summed E-state index contributed by atoms with van der Waals surface area (Å²) in [5.74, 6) is -3.42. The molecule has 0 aromatic rings. The third-order valence-corrected chi connectivity index (χ3v) is 5.35. The van der Waals surface area contributed by atoms with E-state index in [9.17, 15) is 22.0 Å². The Bertz CT molecular complexity index is 339. The van der Waals surface area contributed by atoms with Crippen LogP contribution in [0.3, 0.4) is 0 Å². The predicted octanol–water partition coefficient (Wildman–Crippen LogP) is 5.59. The van der Waals surface area contributed by atoms with Crippen molar-refractivity contribution >= 4 is 0 Å². The quantitative estimate of drug-likeness (QED) is 0.612. The van der Waals surface area contributed by atoms with Gasteiger partial charge in [-0.1, -0.05) is 32.6 Å². The molecule has 22 heavy (non-hydrogen) atoms. The van der Waals surface area contributed by atoms with Gasteiger partial charge < -0.3 is 4.74 Å². The summed E-state index contributed by atoms with van der Waals surface area (Å²) in [4.78, 5) is 0. The van der Waals surface area contributed by atoms with Gasteiger partial charge in [0.2, 0.25) is 0 Å². The van der Waals surface area contributed by atoms with Crippen molar-refractivity contribution in [2.24, 2.45) is 17.8 Å². The molecular weight excluding hydrogens is 303 g/mol. The summed E-state index contributed by atoms with van der Waals surface area (Å²) in [6.07, 6.45) is -0.509. The zero-order valence-corrected chi connectivity index (χ0v) is 13.0. The number of hydrogen-bond acceptors (Lipinski definition) is 1. The smallest absolute Gasteiger partial charge is 0.371 e. The van der Waals surface area contributed by atoms with Crippen LogP contribution in [0.25, 0.3) is 0 Å². The van der Waals surface area contributed by atoms with E-state index in [-0.39, 0.29) is 18.9 Å². The fourth-order valence-electron chi connectivity index (χ4n) is 3.97. The summed E-state index contributed by atoms with van der Waals surface area (Å²) >= 11 is 0. The highest BCUT2D eigenvalue weighted by atomic mass is 19.4. The first-order valence-electron chi connectivity index (χ1n) is 8.31. The van der Waals surface area contributed by atoms with Crippen LogP contribution >= 0.6 is 0 Å². The van der Waals surface area contributed by atoms with E-state index in [1.54, 1.807) is 0 Å². The molecule has 0 bridgehead atoms. The van der Waals surface area contributed by atoms with Crippen LogP contribution in [0.1, 0.15) is 58.3 Å². The molecule has 2 fully saturated rings. The van der Waals surface area contributed by atoms with Crippen molar-refractivity contribution in [3.63, 3.8) is 0 Å². The van der Waals surface area contributed by atoms with Gasteiger partial charge in [0, 0.05) is 0 Å². The first kappa shape index (κ1) is 18.0. The van der Waals surface area contributed by atoms with Crippen molar-refractivity contribution in [1.82, 2.24) is 0 Å². The molecule has 1 aliphatic carbocycles. The molecule has 0 spiro atoms. The highest BCUT2D eigenvalue weighted by Gasteiger charge is 2.63. The molecule has 130 valence electrons. The van der Waals surface area contributed by atoms with Gasteiger partial charge in [-0.25, -0.2) is 0 Å². The van der Waals surface area contributed by atoms with Crippen LogP contribution in [0.5, 0.6) is 0 Å². The van der Waals surface area contributed by atoms with Crippen LogP contribution in [-0.2, 0) is 4.74 Å². The summed E-state index contributed by atoms with van der Waals surface area (Å²) in [6, 6.07) is 0. The van der Waals surface area contributed by atoms with Gasteiger partial charge in [0.25, 0.3) is 0 Å². The normalized spacial score (nSPS) is 34.6. The Balaban J connectivity index is 1.81. The van der Waals surface area contributed by atoms with E-state index >= 15 is 0 Å². The van der Waals surface area contributed by atoms with E-state index in [1.165, 1.54) is 12.8 Å². The van der Waals surface area contributed by atoms with Crippen LogP contribution < -0.4 is 0 Å². The van der Waals surface area contributed by atoms with Gasteiger partial charge in [0.1, 0.15) is 6.10 Å². The van der Waals surface area contributed by atoms with Crippen LogP contribution in [0.4, 0.5) is 22.0 Å². The van der Waals surface area contributed by atoms with E-state index in [2.05, 4.69) is 6.92 Å². The number of rotatable bonds is 4. The fraction of sp³-hybridized carbons (Fsp3) is 1.00. The first-order chi connectivity index (χ1) is 10.3. The molecule has 2 atom stereocenters. The average Bonchev–Trinajstić information content (AvgIpc) is 2.47. The lowest BCUT2D eigenvalue weighted by atomic mass is 9.73. The van der Waals surface area contributed by atoms with E-state index < -0.39 is 18.2 Å². The fourth-order valence-corrected chi connectivity index (χ4v) is 3.97. The van der Waals surface area contributed by atoms with E-state index in [0.29, 0.717) is 12.3 Å². The minimum absolute atomic E-state index is 0.0411. The van der Waals surface area contributed by atoms with Crippen molar-refractivity contribution in [3.05, 3.63) is 0 Å². The molecule has 0 amide bonds. The van der Waals surface area contributed by atoms with Gasteiger partial charge in [0.05, 0.1) is 6.61 Å². The van der Waals surface area contributed by atoms with Crippen molar-refractivity contribution in [3.8, 4) is 0 Å². The third-order valence-electron chi connectivity index (χ3n) is 5.35. The maximum Gasteiger partial charge on any atom is 0.456 e. The molecule has 2 aliphatic rings. The van der Waals surface area contributed by atoms with Crippen LogP contribution in [0.2, 0.25) is 0 Å². The lowest BCUT2D eigenvalue weighted by molar-refractivity contribution is -0.325. The Kier molecular flexibility index (Phi) is 5.73. The van der Waals surface area contributed by atoms with E-state index in [0.717, 1.165) is 31.6 Å². The number of halogens is 5. The Hall–Kier alpha value is -0.390. The van der Waals surface area contributed by atoms with Crippen molar-refractivity contribution in [1.29, 1.82) is 0 Å². The van der Waals surface area contributed by atoms with Crippen molar-refractivity contribution < 1.29 is 26.7 Å².